The van der Waals surface area contributed by atoms with Crippen LogP contribution in [0.25, 0.3) is 10.6 Å². The van der Waals surface area contributed by atoms with Crippen LogP contribution in [0.5, 0.6) is 0 Å². The van der Waals surface area contributed by atoms with Crippen LogP contribution in [0.3, 0.4) is 0 Å². The lowest BCUT2D eigenvalue weighted by molar-refractivity contribution is 0.0531. The van der Waals surface area contributed by atoms with Crippen molar-refractivity contribution in [2.24, 2.45) is 0 Å². The first-order chi connectivity index (χ1) is 9.56. The van der Waals surface area contributed by atoms with Crippen LogP contribution >= 0.6 is 27.3 Å². The zero-order chi connectivity index (χ0) is 14.7. The van der Waals surface area contributed by atoms with Crippen molar-refractivity contribution in [1.82, 2.24) is 4.98 Å². The molecule has 2 aromatic rings. The Hall–Kier alpha value is -1.24. The van der Waals surface area contributed by atoms with Crippen molar-refractivity contribution in [3.05, 3.63) is 38.8 Å². The third kappa shape index (κ3) is 3.08. The van der Waals surface area contributed by atoms with Gasteiger partial charge < -0.3 is 9.84 Å². The number of carbonyl (C=O) groups excluding carboxylic acids is 1. The van der Waals surface area contributed by atoms with Crippen LogP contribution in [-0.4, -0.2) is 22.7 Å². The molecule has 0 unspecified atom stereocenters. The van der Waals surface area contributed by atoms with Crippen LogP contribution in [0.2, 0.25) is 0 Å². The van der Waals surface area contributed by atoms with Crippen LogP contribution in [0, 0.1) is 6.92 Å². The number of thiazole rings is 1. The maximum atomic E-state index is 11.8. The number of carbonyl (C=O) groups is 1. The minimum Gasteiger partial charge on any atom is -0.462 e. The first kappa shape index (κ1) is 15.2. The van der Waals surface area contributed by atoms with E-state index in [0.717, 1.165) is 20.6 Å². The molecule has 0 aliphatic carbocycles. The smallest absolute Gasteiger partial charge is 0.350 e. The molecule has 1 aromatic heterocycles. The van der Waals surface area contributed by atoms with Crippen molar-refractivity contribution in [2.75, 3.05) is 6.61 Å². The highest BCUT2D eigenvalue weighted by Gasteiger charge is 2.17. The van der Waals surface area contributed by atoms with Gasteiger partial charge in [-0.3, -0.25) is 0 Å². The molecule has 0 saturated heterocycles. The van der Waals surface area contributed by atoms with Crippen molar-refractivity contribution in [2.45, 2.75) is 20.5 Å². The van der Waals surface area contributed by atoms with Crippen molar-refractivity contribution in [1.29, 1.82) is 0 Å². The number of hydrogen-bond donors (Lipinski definition) is 1. The van der Waals surface area contributed by atoms with Gasteiger partial charge in [-0.2, -0.15) is 0 Å². The Morgan fingerprint density at radius 3 is 2.85 bits per heavy atom. The van der Waals surface area contributed by atoms with Gasteiger partial charge >= 0.3 is 5.97 Å². The zero-order valence-electron chi connectivity index (χ0n) is 11.1. The maximum absolute atomic E-state index is 11.8. The Labute approximate surface area is 129 Å². The molecule has 0 aliphatic rings. The number of nitrogens with zero attached hydrogens (tertiary/aromatic N) is 1. The molecule has 0 amide bonds. The summed E-state index contributed by atoms with van der Waals surface area (Å²) in [7, 11) is 0. The fourth-order valence-corrected chi connectivity index (χ4v) is 3.18. The molecule has 1 heterocycles. The van der Waals surface area contributed by atoms with Crippen molar-refractivity contribution < 1.29 is 14.6 Å². The van der Waals surface area contributed by atoms with Gasteiger partial charge in [0.15, 0.2) is 0 Å². The Kier molecular flexibility index (Phi) is 4.91. The largest absolute Gasteiger partial charge is 0.462 e. The molecule has 4 nitrogen and oxygen atoms in total. The van der Waals surface area contributed by atoms with Gasteiger partial charge in [0.25, 0.3) is 0 Å². The lowest BCUT2D eigenvalue weighted by Crippen LogP contribution is -2.03. The predicted molar refractivity (Wildman–Crippen MR) is 81.9 cm³/mol. The van der Waals surface area contributed by atoms with E-state index in [1.165, 1.54) is 11.3 Å². The third-order valence-corrected chi connectivity index (χ3v) is 4.65. The zero-order valence-corrected chi connectivity index (χ0v) is 13.5. The lowest BCUT2D eigenvalue weighted by Gasteiger charge is -2.02. The molecule has 0 bridgehead atoms. The Balaban J connectivity index is 2.37. The van der Waals surface area contributed by atoms with Gasteiger partial charge in [-0.25, -0.2) is 9.78 Å². The fraction of sp³-hybridized carbons (Fsp3) is 0.286. The molecule has 1 aromatic carbocycles. The van der Waals surface area contributed by atoms with Gasteiger partial charge in [0.2, 0.25) is 0 Å². The monoisotopic (exact) mass is 355 g/mol. The quantitative estimate of drug-likeness (QED) is 0.852. The minimum atomic E-state index is -0.334. The van der Waals surface area contributed by atoms with Crippen molar-refractivity contribution >= 4 is 33.2 Å². The second-order valence-corrected chi connectivity index (χ2v) is 5.97. The molecular weight excluding hydrogens is 342 g/mol. The van der Waals surface area contributed by atoms with E-state index >= 15 is 0 Å². The van der Waals surface area contributed by atoms with E-state index < -0.39 is 0 Å². The van der Waals surface area contributed by atoms with Crippen LogP contribution in [-0.2, 0) is 11.3 Å². The number of benzene rings is 1. The summed E-state index contributed by atoms with van der Waals surface area (Å²) in [4.78, 5) is 16.7. The Bertz CT molecular complexity index is 639. The summed E-state index contributed by atoms with van der Waals surface area (Å²) >= 11 is 4.72. The van der Waals surface area contributed by atoms with Gasteiger partial charge in [-0.1, -0.05) is 28.1 Å². The number of esters is 1. The molecule has 0 atom stereocenters. The van der Waals surface area contributed by atoms with Gasteiger partial charge in [-0.15, -0.1) is 11.3 Å². The summed E-state index contributed by atoms with van der Waals surface area (Å²) in [6, 6.07) is 5.60. The van der Waals surface area contributed by atoms with Crippen molar-refractivity contribution in [3.8, 4) is 10.6 Å². The van der Waals surface area contributed by atoms with Gasteiger partial charge in [0.1, 0.15) is 9.88 Å². The summed E-state index contributed by atoms with van der Waals surface area (Å²) in [5.41, 5.74) is 2.39. The van der Waals surface area contributed by atoms with E-state index in [1.807, 2.05) is 18.2 Å². The predicted octanol–water partition coefficient (Wildman–Crippen LogP) is 3.55. The van der Waals surface area contributed by atoms with Gasteiger partial charge in [0, 0.05) is 10.0 Å². The van der Waals surface area contributed by atoms with E-state index in [0.29, 0.717) is 17.2 Å². The SMILES string of the molecule is CCOC(=O)c1sc(-c2ccc(CO)c(Br)c2)nc1C. The van der Waals surface area contributed by atoms with E-state index in [1.54, 1.807) is 13.8 Å². The second-order valence-electron chi connectivity index (χ2n) is 4.12. The molecule has 1 N–H and O–H groups in total. The highest BCUT2D eigenvalue weighted by atomic mass is 79.9. The first-order valence-corrected chi connectivity index (χ1v) is 7.72. The highest BCUT2D eigenvalue weighted by molar-refractivity contribution is 9.10. The average Bonchev–Trinajstić information content (AvgIpc) is 2.81. The molecule has 20 heavy (non-hydrogen) atoms. The standard InChI is InChI=1S/C14H14BrNO3S/c1-3-19-14(18)12-8(2)16-13(20-12)9-4-5-10(7-17)11(15)6-9/h4-6,17H,3,7H2,1-2H3. The fourth-order valence-electron chi connectivity index (χ4n) is 1.71. The molecule has 0 spiro atoms. The molecule has 0 aliphatic heterocycles. The number of aliphatic hydroxyl groups excluding tert-OH is 1. The minimum absolute atomic E-state index is 0.0220. The maximum Gasteiger partial charge on any atom is 0.350 e. The topological polar surface area (TPSA) is 59.4 Å². The van der Waals surface area contributed by atoms with Crippen molar-refractivity contribution in [3.63, 3.8) is 0 Å². The van der Waals surface area contributed by atoms with Gasteiger partial charge in [-0.05, 0) is 25.5 Å². The van der Waals surface area contributed by atoms with Crippen LogP contribution < -0.4 is 0 Å². The number of halogens is 1. The molecule has 0 saturated carbocycles. The number of hydrogen-bond acceptors (Lipinski definition) is 5. The number of aryl methyl sites for hydroxylation is 1. The normalized spacial score (nSPS) is 10.6. The Morgan fingerprint density at radius 1 is 1.50 bits per heavy atom. The third-order valence-electron chi connectivity index (χ3n) is 2.73. The molecule has 2 rings (SSSR count). The molecule has 0 radical (unpaired) electrons. The summed E-state index contributed by atoms with van der Waals surface area (Å²) in [6.07, 6.45) is 0. The summed E-state index contributed by atoms with van der Waals surface area (Å²) in [5.74, 6) is -0.334. The second kappa shape index (κ2) is 6.47. The summed E-state index contributed by atoms with van der Waals surface area (Å²) in [5, 5.41) is 9.92. The Morgan fingerprint density at radius 2 is 2.25 bits per heavy atom. The first-order valence-electron chi connectivity index (χ1n) is 6.11. The molecular formula is C14H14BrNO3S. The van der Waals surface area contributed by atoms with E-state index in [-0.39, 0.29) is 12.6 Å². The summed E-state index contributed by atoms with van der Waals surface area (Å²) in [6.45, 7) is 3.90. The van der Waals surface area contributed by atoms with E-state index in [9.17, 15) is 4.79 Å². The molecule has 0 fully saturated rings. The lowest BCUT2D eigenvalue weighted by atomic mass is 10.1. The number of aromatic nitrogens is 1. The number of rotatable bonds is 4. The van der Waals surface area contributed by atoms with E-state index in [2.05, 4.69) is 20.9 Å². The van der Waals surface area contributed by atoms with Gasteiger partial charge in [0.05, 0.1) is 18.9 Å². The number of aliphatic hydroxyl groups is 1. The van der Waals surface area contributed by atoms with Crippen LogP contribution in [0.15, 0.2) is 22.7 Å². The molecule has 6 heteroatoms. The molecule has 106 valence electrons. The van der Waals surface area contributed by atoms with Crippen LogP contribution in [0.4, 0.5) is 0 Å². The van der Waals surface area contributed by atoms with E-state index in [4.69, 9.17) is 9.84 Å². The summed E-state index contributed by atoms with van der Waals surface area (Å²) < 4.78 is 5.83. The average molecular weight is 356 g/mol. The highest BCUT2D eigenvalue weighted by Crippen LogP contribution is 2.31. The number of ether oxygens (including phenoxy) is 1. The van der Waals surface area contributed by atoms with Crippen LogP contribution in [0.1, 0.15) is 27.9 Å².